The van der Waals surface area contributed by atoms with E-state index in [0.717, 1.165) is 5.69 Å². The molecule has 1 aromatic heterocycles. The Labute approximate surface area is 122 Å². The molecule has 2 N–H and O–H groups in total. The van der Waals surface area contributed by atoms with Crippen molar-refractivity contribution >= 4 is 23.3 Å². The summed E-state index contributed by atoms with van der Waals surface area (Å²) in [5.74, 6) is -1.62. The van der Waals surface area contributed by atoms with Gasteiger partial charge in [0.1, 0.15) is 11.4 Å². The van der Waals surface area contributed by atoms with E-state index in [-0.39, 0.29) is 11.4 Å². The molecule has 6 nitrogen and oxygen atoms in total. The molecular formula is C15H15N3O3. The summed E-state index contributed by atoms with van der Waals surface area (Å²) in [6, 6.07) is 11.6. The highest BCUT2D eigenvalue weighted by atomic mass is 16.4. The van der Waals surface area contributed by atoms with Crippen LogP contribution in [0.4, 0.5) is 11.4 Å². The van der Waals surface area contributed by atoms with Gasteiger partial charge in [0.25, 0.3) is 5.91 Å². The number of nitrogens with one attached hydrogen (secondary N) is 1. The monoisotopic (exact) mass is 285 g/mol. The van der Waals surface area contributed by atoms with Crippen LogP contribution in [0.1, 0.15) is 21.0 Å². The van der Waals surface area contributed by atoms with Crippen LogP contribution in [0.2, 0.25) is 0 Å². The number of amides is 1. The van der Waals surface area contributed by atoms with E-state index in [1.807, 2.05) is 37.2 Å². The van der Waals surface area contributed by atoms with Crippen LogP contribution in [0.3, 0.4) is 0 Å². The first kappa shape index (κ1) is 14.5. The summed E-state index contributed by atoms with van der Waals surface area (Å²) in [7, 11) is 3.80. The molecule has 0 aliphatic rings. The number of benzene rings is 1. The van der Waals surface area contributed by atoms with Crippen molar-refractivity contribution in [2.24, 2.45) is 0 Å². The number of nitrogens with zero attached hydrogens (tertiary/aromatic N) is 2. The molecule has 0 spiro atoms. The van der Waals surface area contributed by atoms with E-state index in [2.05, 4.69) is 10.3 Å². The van der Waals surface area contributed by atoms with Crippen molar-refractivity contribution in [2.45, 2.75) is 0 Å². The van der Waals surface area contributed by atoms with Gasteiger partial charge in [-0.05, 0) is 30.3 Å². The molecule has 6 heteroatoms. The number of hydrogen-bond donors (Lipinski definition) is 2. The average Bonchev–Trinajstić information content (AvgIpc) is 2.47. The lowest BCUT2D eigenvalue weighted by atomic mass is 10.2. The number of carbonyl (C=O) groups excluding carboxylic acids is 1. The predicted molar refractivity (Wildman–Crippen MR) is 79.9 cm³/mol. The molecule has 0 saturated heterocycles. The maximum atomic E-state index is 12.1. The summed E-state index contributed by atoms with van der Waals surface area (Å²) >= 11 is 0. The highest BCUT2D eigenvalue weighted by molar-refractivity contribution is 6.03. The third kappa shape index (κ3) is 3.56. The molecule has 2 rings (SSSR count). The van der Waals surface area contributed by atoms with Crippen molar-refractivity contribution in [3.05, 3.63) is 53.9 Å². The number of hydrogen-bond acceptors (Lipinski definition) is 4. The Morgan fingerprint density at radius 3 is 2.43 bits per heavy atom. The summed E-state index contributed by atoms with van der Waals surface area (Å²) in [5.41, 5.74) is 1.46. The highest BCUT2D eigenvalue weighted by Crippen LogP contribution is 2.17. The molecule has 108 valence electrons. The Morgan fingerprint density at radius 2 is 1.76 bits per heavy atom. The lowest BCUT2D eigenvalue weighted by Gasteiger charge is -2.14. The molecule has 2 aromatic rings. The van der Waals surface area contributed by atoms with E-state index in [1.165, 1.54) is 18.2 Å². The number of anilines is 2. The van der Waals surface area contributed by atoms with E-state index < -0.39 is 11.9 Å². The molecule has 0 radical (unpaired) electrons. The summed E-state index contributed by atoms with van der Waals surface area (Å²) in [6.45, 7) is 0. The van der Waals surface area contributed by atoms with Gasteiger partial charge in [-0.25, -0.2) is 9.78 Å². The minimum atomic E-state index is -1.17. The van der Waals surface area contributed by atoms with E-state index in [1.54, 1.807) is 6.07 Å². The first-order valence-corrected chi connectivity index (χ1v) is 6.26. The molecule has 1 amide bonds. The molecular weight excluding hydrogens is 270 g/mol. The quantitative estimate of drug-likeness (QED) is 0.899. The first-order chi connectivity index (χ1) is 9.97. The second-order valence-corrected chi connectivity index (χ2v) is 4.61. The fourth-order valence-corrected chi connectivity index (χ4v) is 1.74. The van der Waals surface area contributed by atoms with Crippen LogP contribution in [0.25, 0.3) is 0 Å². The Bertz CT molecular complexity index is 683. The average molecular weight is 285 g/mol. The van der Waals surface area contributed by atoms with Crippen LogP contribution in [-0.4, -0.2) is 36.1 Å². The molecule has 1 heterocycles. The predicted octanol–water partition coefficient (Wildman–Crippen LogP) is 2.10. The smallest absolute Gasteiger partial charge is 0.354 e. The van der Waals surface area contributed by atoms with Gasteiger partial charge in [-0.2, -0.15) is 0 Å². The van der Waals surface area contributed by atoms with Gasteiger partial charge in [-0.1, -0.05) is 12.1 Å². The van der Waals surface area contributed by atoms with Crippen molar-refractivity contribution < 1.29 is 14.7 Å². The first-order valence-electron chi connectivity index (χ1n) is 6.26. The van der Waals surface area contributed by atoms with Crippen molar-refractivity contribution in [3.63, 3.8) is 0 Å². The number of aromatic carboxylic acids is 1. The minimum absolute atomic E-state index is 0.0603. The van der Waals surface area contributed by atoms with Crippen LogP contribution in [0.15, 0.2) is 42.5 Å². The van der Waals surface area contributed by atoms with Gasteiger partial charge in [0.2, 0.25) is 0 Å². The summed E-state index contributed by atoms with van der Waals surface area (Å²) < 4.78 is 0. The van der Waals surface area contributed by atoms with Gasteiger partial charge < -0.3 is 15.3 Å². The van der Waals surface area contributed by atoms with E-state index in [4.69, 9.17) is 5.11 Å². The maximum Gasteiger partial charge on any atom is 0.354 e. The van der Waals surface area contributed by atoms with Crippen LogP contribution in [0, 0.1) is 0 Å². The minimum Gasteiger partial charge on any atom is -0.477 e. The lowest BCUT2D eigenvalue weighted by molar-refractivity contribution is 0.0690. The lowest BCUT2D eigenvalue weighted by Crippen LogP contribution is -2.16. The van der Waals surface area contributed by atoms with Crippen LogP contribution < -0.4 is 10.2 Å². The molecule has 0 bridgehead atoms. The molecule has 0 saturated carbocycles. The van der Waals surface area contributed by atoms with E-state index >= 15 is 0 Å². The van der Waals surface area contributed by atoms with Crippen LogP contribution in [0.5, 0.6) is 0 Å². The number of rotatable bonds is 4. The zero-order valence-corrected chi connectivity index (χ0v) is 11.7. The SMILES string of the molecule is CN(C)c1cccc(NC(=O)c2cccc(C(=O)O)n2)c1. The fourth-order valence-electron chi connectivity index (χ4n) is 1.74. The largest absolute Gasteiger partial charge is 0.477 e. The van der Waals surface area contributed by atoms with E-state index in [0.29, 0.717) is 5.69 Å². The van der Waals surface area contributed by atoms with Crippen molar-refractivity contribution in [1.29, 1.82) is 0 Å². The second-order valence-electron chi connectivity index (χ2n) is 4.61. The Kier molecular flexibility index (Phi) is 4.18. The summed E-state index contributed by atoms with van der Waals surface area (Å²) in [4.78, 5) is 28.7. The molecule has 0 aliphatic carbocycles. The Hall–Kier alpha value is -2.89. The standard InChI is InChI=1S/C15H15N3O3/c1-18(2)11-6-3-5-10(9-11)16-14(19)12-7-4-8-13(17-12)15(20)21/h3-9H,1-2H3,(H,16,19)(H,20,21). The summed E-state index contributed by atoms with van der Waals surface area (Å²) in [5, 5.41) is 11.6. The third-order valence-corrected chi connectivity index (χ3v) is 2.82. The van der Waals surface area contributed by atoms with Crippen molar-refractivity contribution in [2.75, 3.05) is 24.3 Å². The van der Waals surface area contributed by atoms with Gasteiger partial charge in [0, 0.05) is 25.5 Å². The zero-order valence-electron chi connectivity index (χ0n) is 11.7. The Balaban J connectivity index is 2.20. The normalized spacial score (nSPS) is 10.0. The number of pyridine rings is 1. The molecule has 21 heavy (non-hydrogen) atoms. The topological polar surface area (TPSA) is 82.5 Å². The van der Waals surface area contributed by atoms with Crippen molar-refractivity contribution in [3.8, 4) is 0 Å². The van der Waals surface area contributed by atoms with Crippen LogP contribution >= 0.6 is 0 Å². The molecule has 0 fully saturated rings. The highest BCUT2D eigenvalue weighted by Gasteiger charge is 2.11. The van der Waals surface area contributed by atoms with Gasteiger partial charge in [0.05, 0.1) is 0 Å². The fraction of sp³-hybridized carbons (Fsp3) is 0.133. The van der Waals surface area contributed by atoms with Crippen molar-refractivity contribution in [1.82, 2.24) is 4.98 Å². The maximum absolute atomic E-state index is 12.1. The number of carboxylic acids is 1. The molecule has 0 aliphatic heterocycles. The van der Waals surface area contributed by atoms with Gasteiger partial charge in [-0.3, -0.25) is 4.79 Å². The second kappa shape index (κ2) is 6.04. The number of carbonyl (C=O) groups is 2. The molecule has 1 aromatic carbocycles. The van der Waals surface area contributed by atoms with Gasteiger partial charge in [-0.15, -0.1) is 0 Å². The van der Waals surface area contributed by atoms with E-state index in [9.17, 15) is 9.59 Å². The number of aromatic nitrogens is 1. The molecule has 0 unspecified atom stereocenters. The number of carboxylic acid groups (broad SMARTS) is 1. The summed E-state index contributed by atoms with van der Waals surface area (Å²) in [6.07, 6.45) is 0. The van der Waals surface area contributed by atoms with Gasteiger partial charge in [0.15, 0.2) is 0 Å². The zero-order chi connectivity index (χ0) is 15.4. The Morgan fingerprint density at radius 1 is 1.10 bits per heavy atom. The van der Waals surface area contributed by atoms with Gasteiger partial charge >= 0.3 is 5.97 Å². The van der Waals surface area contributed by atoms with Crippen LogP contribution in [-0.2, 0) is 0 Å². The third-order valence-electron chi connectivity index (χ3n) is 2.82. The molecule has 0 atom stereocenters.